The quantitative estimate of drug-likeness (QED) is 0.588. The molecule has 1 aromatic heterocycles. The van der Waals surface area contributed by atoms with E-state index in [0.717, 1.165) is 56.7 Å². The summed E-state index contributed by atoms with van der Waals surface area (Å²) in [6.45, 7) is 11.7. The van der Waals surface area contributed by atoms with E-state index in [1.165, 1.54) is 44.9 Å². The molecular formula is C28H42ClN5O. The number of hydrogen-bond donors (Lipinski definition) is 2. The van der Waals surface area contributed by atoms with E-state index < -0.39 is 0 Å². The lowest BCUT2D eigenvalue weighted by atomic mass is 9.79. The smallest absolute Gasteiger partial charge is 0.253 e. The molecular weight excluding hydrogens is 458 g/mol. The van der Waals surface area contributed by atoms with Crippen molar-refractivity contribution >= 4 is 28.4 Å². The van der Waals surface area contributed by atoms with E-state index in [1.54, 1.807) is 0 Å². The Kier molecular flexibility index (Phi) is 7.73. The Labute approximate surface area is 215 Å². The van der Waals surface area contributed by atoms with Crippen LogP contribution in [0.4, 0.5) is 0 Å². The number of amides is 1. The third kappa shape index (κ3) is 5.27. The molecule has 192 valence electrons. The number of nitrogens with one attached hydrogen (secondary N) is 2. The molecule has 3 fully saturated rings. The Morgan fingerprint density at radius 1 is 1.14 bits per heavy atom. The topological polar surface area (TPSA) is 52.5 Å². The number of piperazine rings is 1. The van der Waals surface area contributed by atoms with E-state index in [2.05, 4.69) is 44.9 Å². The molecule has 2 saturated heterocycles. The lowest BCUT2D eigenvalue weighted by molar-refractivity contribution is 0.000839. The molecule has 0 spiro atoms. The van der Waals surface area contributed by atoms with Crippen molar-refractivity contribution in [2.24, 2.45) is 0 Å². The van der Waals surface area contributed by atoms with Crippen LogP contribution in [0.5, 0.6) is 0 Å². The first-order valence-electron chi connectivity index (χ1n) is 13.7. The number of rotatable bonds is 7. The maximum atomic E-state index is 13.6. The van der Waals surface area contributed by atoms with Crippen LogP contribution < -0.4 is 10.6 Å². The first kappa shape index (κ1) is 25.1. The monoisotopic (exact) mass is 499 g/mol. The molecule has 2 N–H and O–H groups in total. The summed E-state index contributed by atoms with van der Waals surface area (Å²) in [5.41, 5.74) is 1.83. The molecule has 35 heavy (non-hydrogen) atoms. The molecule has 2 aromatic rings. The van der Waals surface area contributed by atoms with Crippen molar-refractivity contribution in [2.45, 2.75) is 83.0 Å². The van der Waals surface area contributed by atoms with Gasteiger partial charge in [0.05, 0.1) is 16.1 Å². The normalized spacial score (nSPS) is 23.8. The van der Waals surface area contributed by atoms with Crippen molar-refractivity contribution in [1.82, 2.24) is 25.0 Å². The Balaban J connectivity index is 1.34. The van der Waals surface area contributed by atoms with Crippen molar-refractivity contribution < 1.29 is 4.79 Å². The second-order valence-corrected chi connectivity index (χ2v) is 11.6. The highest BCUT2D eigenvalue weighted by Gasteiger charge is 2.40. The summed E-state index contributed by atoms with van der Waals surface area (Å²) in [4.78, 5) is 18.9. The number of carbonyl (C=O) groups excluding carboxylic acids is 1. The minimum Gasteiger partial charge on any atom is -0.350 e. The molecule has 1 aliphatic carbocycles. The maximum Gasteiger partial charge on any atom is 0.253 e. The second-order valence-electron chi connectivity index (χ2n) is 11.2. The average molecular weight is 500 g/mol. The second kappa shape index (κ2) is 10.8. The van der Waals surface area contributed by atoms with Gasteiger partial charge in [0.2, 0.25) is 0 Å². The average Bonchev–Trinajstić information content (AvgIpc) is 3.52. The highest BCUT2D eigenvalue weighted by molar-refractivity contribution is 6.36. The van der Waals surface area contributed by atoms with Gasteiger partial charge in [-0.25, -0.2) is 0 Å². The van der Waals surface area contributed by atoms with Gasteiger partial charge in [0.15, 0.2) is 0 Å². The molecule has 2 aliphatic heterocycles. The molecule has 1 atom stereocenters. The highest BCUT2D eigenvalue weighted by atomic mass is 35.5. The van der Waals surface area contributed by atoms with E-state index in [1.807, 2.05) is 18.3 Å². The Hall–Kier alpha value is -1.60. The number of carbonyl (C=O) groups is 1. The zero-order chi connectivity index (χ0) is 24.4. The van der Waals surface area contributed by atoms with Crippen molar-refractivity contribution in [1.29, 1.82) is 0 Å². The van der Waals surface area contributed by atoms with Gasteiger partial charge in [0.1, 0.15) is 0 Å². The molecule has 1 saturated carbocycles. The zero-order valence-electron chi connectivity index (χ0n) is 21.5. The summed E-state index contributed by atoms with van der Waals surface area (Å²) in [5.74, 6) is 0.00648. The molecule has 6 nitrogen and oxygen atoms in total. The molecule has 1 amide bonds. The first-order chi connectivity index (χ1) is 17.0. The first-order valence-corrected chi connectivity index (χ1v) is 14.1. The Bertz CT molecular complexity index is 1010. The number of hydrogen-bond acceptors (Lipinski definition) is 4. The molecule has 0 unspecified atom stereocenters. The van der Waals surface area contributed by atoms with E-state index in [9.17, 15) is 4.79 Å². The number of nitrogens with zero attached hydrogens (tertiary/aromatic N) is 3. The Morgan fingerprint density at radius 2 is 1.91 bits per heavy atom. The van der Waals surface area contributed by atoms with E-state index in [4.69, 9.17) is 11.6 Å². The van der Waals surface area contributed by atoms with Gasteiger partial charge in [-0.2, -0.15) is 0 Å². The molecule has 3 heterocycles. The summed E-state index contributed by atoms with van der Waals surface area (Å²) in [5, 5.41) is 8.50. The van der Waals surface area contributed by atoms with Crippen molar-refractivity contribution in [2.75, 3.05) is 39.3 Å². The fourth-order valence-electron chi connectivity index (χ4n) is 6.65. The van der Waals surface area contributed by atoms with Gasteiger partial charge in [-0.05, 0) is 58.2 Å². The van der Waals surface area contributed by atoms with Crippen LogP contribution in [0.25, 0.3) is 10.9 Å². The lowest BCUT2D eigenvalue weighted by Gasteiger charge is -2.50. The van der Waals surface area contributed by atoms with Gasteiger partial charge in [-0.1, -0.05) is 36.9 Å². The van der Waals surface area contributed by atoms with Crippen LogP contribution in [0.15, 0.2) is 24.4 Å². The Morgan fingerprint density at radius 3 is 2.60 bits per heavy atom. The fraction of sp³-hybridized carbons (Fsp3) is 0.679. The largest absolute Gasteiger partial charge is 0.350 e. The number of halogens is 1. The van der Waals surface area contributed by atoms with E-state index in [0.29, 0.717) is 22.7 Å². The van der Waals surface area contributed by atoms with Crippen molar-refractivity contribution in [3.05, 3.63) is 35.0 Å². The third-order valence-electron chi connectivity index (χ3n) is 8.76. The minimum atomic E-state index is 0.00648. The van der Waals surface area contributed by atoms with Gasteiger partial charge in [0.25, 0.3) is 5.91 Å². The summed E-state index contributed by atoms with van der Waals surface area (Å²) < 4.78 is 2.22. The van der Waals surface area contributed by atoms with Gasteiger partial charge in [-0.15, -0.1) is 0 Å². The predicted molar refractivity (Wildman–Crippen MR) is 144 cm³/mol. The molecule has 3 aliphatic rings. The molecule has 0 radical (unpaired) electrons. The highest BCUT2D eigenvalue weighted by Crippen LogP contribution is 2.35. The van der Waals surface area contributed by atoms with Crippen molar-refractivity contribution in [3.63, 3.8) is 0 Å². The maximum absolute atomic E-state index is 13.6. The van der Waals surface area contributed by atoms with Crippen LogP contribution >= 0.6 is 11.6 Å². The molecule has 5 rings (SSSR count). The standard InChI is InChI=1S/C28H42ClN5O/c1-21(2)32-14-16-34(17-15-32)28(11-4-3-5-12-28)20-31-27(35)23-19-33(18-22-8-7-13-30-22)25-10-6-9-24(29)26(23)25/h6,9-10,19,21-22,30H,3-5,7-8,11-18,20H2,1-2H3,(H,31,35)/t22-/m0/s1. The van der Waals surface area contributed by atoms with E-state index in [-0.39, 0.29) is 11.4 Å². The van der Waals surface area contributed by atoms with Crippen LogP contribution in [-0.2, 0) is 6.54 Å². The van der Waals surface area contributed by atoms with Gasteiger partial charge >= 0.3 is 0 Å². The third-order valence-corrected chi connectivity index (χ3v) is 9.07. The van der Waals surface area contributed by atoms with Crippen molar-refractivity contribution in [3.8, 4) is 0 Å². The number of fused-ring (bicyclic) bond motifs is 1. The molecule has 0 bridgehead atoms. The predicted octanol–water partition coefficient (Wildman–Crippen LogP) is 4.51. The SMILES string of the molecule is CC(C)N1CCN(C2(CNC(=O)c3cn(C[C@@H]4CCCN4)c4cccc(Cl)c34)CCCCC2)CC1. The van der Waals surface area contributed by atoms with E-state index >= 15 is 0 Å². The fourth-order valence-corrected chi connectivity index (χ4v) is 6.92. The minimum absolute atomic E-state index is 0.00648. The summed E-state index contributed by atoms with van der Waals surface area (Å²) in [7, 11) is 0. The molecule has 1 aromatic carbocycles. The molecule has 7 heteroatoms. The number of benzene rings is 1. The summed E-state index contributed by atoms with van der Waals surface area (Å²) >= 11 is 6.65. The van der Waals surface area contributed by atoms with Gasteiger partial charge < -0.3 is 15.2 Å². The van der Waals surface area contributed by atoms with Crippen LogP contribution in [0.3, 0.4) is 0 Å². The van der Waals surface area contributed by atoms with Crippen LogP contribution in [0.1, 0.15) is 69.2 Å². The zero-order valence-corrected chi connectivity index (χ0v) is 22.2. The van der Waals surface area contributed by atoms with Crippen LogP contribution in [-0.4, -0.2) is 77.2 Å². The number of aromatic nitrogens is 1. The summed E-state index contributed by atoms with van der Waals surface area (Å²) in [6.07, 6.45) is 10.6. The van der Waals surface area contributed by atoms with Crippen LogP contribution in [0.2, 0.25) is 5.02 Å². The van der Waals surface area contributed by atoms with Gasteiger partial charge in [-0.3, -0.25) is 14.6 Å². The van der Waals surface area contributed by atoms with Gasteiger partial charge in [0, 0.05) is 68.5 Å². The lowest BCUT2D eigenvalue weighted by Crippen LogP contribution is -2.62. The van der Waals surface area contributed by atoms with Crippen LogP contribution in [0, 0.1) is 0 Å². The summed E-state index contributed by atoms with van der Waals surface area (Å²) in [6, 6.07) is 7.02.